The minimum atomic E-state index is -0.0518. The van der Waals surface area contributed by atoms with Gasteiger partial charge in [-0.25, -0.2) is 0 Å². The van der Waals surface area contributed by atoms with Gasteiger partial charge < -0.3 is 4.74 Å². The monoisotopic (exact) mass is 247 g/mol. The van der Waals surface area contributed by atoms with Crippen LogP contribution in [0.2, 0.25) is 0 Å². The van der Waals surface area contributed by atoms with E-state index in [2.05, 4.69) is 32.6 Å². The minimum Gasteiger partial charge on any atom is -0.368 e. The number of rotatable bonds is 5. The predicted molar refractivity (Wildman–Crippen MR) is 70.2 cm³/mol. The number of morpholine rings is 1. The number of alkyl halides is 1. The Morgan fingerprint density at radius 2 is 2.19 bits per heavy atom. The van der Waals surface area contributed by atoms with E-state index in [1.54, 1.807) is 0 Å². The fraction of sp³-hybridized carbons (Fsp3) is 1.00. The van der Waals surface area contributed by atoms with Crippen LogP contribution < -0.4 is 0 Å². The fourth-order valence-electron chi connectivity index (χ4n) is 2.66. The molecule has 0 aromatic heterocycles. The molecule has 3 heteroatoms. The molecule has 0 aromatic rings. The molecule has 0 N–H and O–H groups in total. The van der Waals surface area contributed by atoms with Crippen LogP contribution in [-0.4, -0.2) is 42.1 Å². The summed E-state index contributed by atoms with van der Waals surface area (Å²) >= 11 is 5.92. The van der Waals surface area contributed by atoms with E-state index in [0.717, 1.165) is 19.0 Å². The Labute approximate surface area is 105 Å². The van der Waals surface area contributed by atoms with Gasteiger partial charge in [-0.2, -0.15) is 0 Å². The normalized spacial score (nSPS) is 27.9. The summed E-state index contributed by atoms with van der Waals surface area (Å²) in [5.74, 6) is 1.37. The maximum Gasteiger partial charge on any atom is 0.0844 e. The molecule has 1 aliphatic heterocycles. The molecule has 1 rings (SSSR count). The smallest absolute Gasteiger partial charge is 0.0844 e. The molecule has 1 aliphatic rings. The van der Waals surface area contributed by atoms with Gasteiger partial charge in [-0.15, -0.1) is 11.6 Å². The molecule has 96 valence electrons. The summed E-state index contributed by atoms with van der Waals surface area (Å²) in [6, 6.07) is 0. The lowest BCUT2D eigenvalue weighted by Gasteiger charge is -2.43. The number of hydrogen-bond acceptors (Lipinski definition) is 2. The maximum absolute atomic E-state index is 5.92. The van der Waals surface area contributed by atoms with Crippen LogP contribution in [0.25, 0.3) is 0 Å². The summed E-state index contributed by atoms with van der Waals surface area (Å²) in [4.78, 5) is 2.51. The van der Waals surface area contributed by atoms with Crippen LogP contribution >= 0.6 is 11.6 Å². The van der Waals surface area contributed by atoms with E-state index < -0.39 is 0 Å². The van der Waals surface area contributed by atoms with E-state index in [1.165, 1.54) is 19.4 Å². The Morgan fingerprint density at radius 1 is 1.50 bits per heavy atom. The van der Waals surface area contributed by atoms with Crippen molar-refractivity contribution in [2.45, 2.75) is 52.2 Å². The summed E-state index contributed by atoms with van der Waals surface area (Å²) in [6.07, 6.45) is 2.77. The predicted octanol–water partition coefficient (Wildman–Crippen LogP) is 3.14. The van der Waals surface area contributed by atoms with Crippen molar-refractivity contribution < 1.29 is 4.74 Å². The van der Waals surface area contributed by atoms with Crippen molar-refractivity contribution in [1.82, 2.24) is 4.90 Å². The summed E-state index contributed by atoms with van der Waals surface area (Å²) in [5.41, 5.74) is -0.0518. The molecule has 0 bridgehead atoms. The lowest BCUT2D eigenvalue weighted by molar-refractivity contribution is -0.129. The Bertz CT molecular complexity index is 208. The summed E-state index contributed by atoms with van der Waals surface area (Å²) in [5, 5.41) is 0. The average molecular weight is 248 g/mol. The highest BCUT2D eigenvalue weighted by molar-refractivity contribution is 6.18. The maximum atomic E-state index is 5.92. The first-order valence-corrected chi connectivity index (χ1v) is 6.96. The van der Waals surface area contributed by atoms with Crippen molar-refractivity contribution in [3.63, 3.8) is 0 Å². The van der Waals surface area contributed by atoms with Crippen LogP contribution in [0.5, 0.6) is 0 Å². The van der Waals surface area contributed by atoms with Crippen molar-refractivity contribution >= 4 is 11.6 Å². The number of hydrogen-bond donors (Lipinski definition) is 0. The summed E-state index contributed by atoms with van der Waals surface area (Å²) < 4.78 is 5.92. The summed E-state index contributed by atoms with van der Waals surface area (Å²) in [6.45, 7) is 12.1. The highest BCUT2D eigenvalue weighted by Gasteiger charge is 2.33. The molecule has 0 aromatic carbocycles. The van der Waals surface area contributed by atoms with Gasteiger partial charge in [0.05, 0.1) is 11.7 Å². The molecule has 0 saturated carbocycles. The molecule has 2 unspecified atom stereocenters. The molecule has 1 saturated heterocycles. The fourth-order valence-corrected chi connectivity index (χ4v) is 2.82. The van der Waals surface area contributed by atoms with E-state index >= 15 is 0 Å². The molecule has 1 fully saturated rings. The highest BCUT2D eigenvalue weighted by Crippen LogP contribution is 2.23. The molecule has 2 atom stereocenters. The van der Waals surface area contributed by atoms with Gasteiger partial charge in [-0.3, -0.25) is 4.90 Å². The van der Waals surface area contributed by atoms with E-state index in [0.29, 0.717) is 5.88 Å². The standard InChI is InChI=1S/C13H26ClNO/c1-5-6-11(2)8-15-9-12(7-14)16-13(3,4)10-15/h11-12H,5-10H2,1-4H3. The van der Waals surface area contributed by atoms with Crippen LogP contribution in [-0.2, 0) is 4.74 Å². The van der Waals surface area contributed by atoms with Crippen molar-refractivity contribution in [1.29, 1.82) is 0 Å². The zero-order valence-corrected chi connectivity index (χ0v) is 11.9. The molecule has 0 radical (unpaired) electrons. The SMILES string of the molecule is CCCC(C)CN1CC(CCl)OC(C)(C)C1. The van der Waals surface area contributed by atoms with Crippen molar-refractivity contribution in [3.05, 3.63) is 0 Å². The lowest BCUT2D eigenvalue weighted by atomic mass is 10.0. The second-order valence-electron chi connectivity index (χ2n) is 5.74. The Kier molecular flexibility index (Phi) is 5.55. The topological polar surface area (TPSA) is 12.5 Å². The quantitative estimate of drug-likeness (QED) is 0.692. The average Bonchev–Trinajstić information content (AvgIpc) is 2.15. The first-order valence-electron chi connectivity index (χ1n) is 6.43. The molecular weight excluding hydrogens is 222 g/mol. The zero-order valence-electron chi connectivity index (χ0n) is 11.1. The van der Waals surface area contributed by atoms with Crippen LogP contribution in [0.15, 0.2) is 0 Å². The number of nitrogens with zero attached hydrogens (tertiary/aromatic N) is 1. The van der Waals surface area contributed by atoms with Crippen molar-refractivity contribution in [3.8, 4) is 0 Å². The third-order valence-corrected chi connectivity index (χ3v) is 3.42. The van der Waals surface area contributed by atoms with E-state index in [-0.39, 0.29) is 11.7 Å². The molecule has 2 nitrogen and oxygen atoms in total. The molecule has 16 heavy (non-hydrogen) atoms. The molecule has 0 spiro atoms. The molecule has 1 heterocycles. The lowest BCUT2D eigenvalue weighted by Crippen LogP contribution is -2.54. The van der Waals surface area contributed by atoms with E-state index in [1.807, 2.05) is 0 Å². The second-order valence-corrected chi connectivity index (χ2v) is 6.05. The van der Waals surface area contributed by atoms with Gasteiger partial charge in [-0.05, 0) is 26.2 Å². The van der Waals surface area contributed by atoms with Crippen LogP contribution in [0.1, 0.15) is 40.5 Å². The van der Waals surface area contributed by atoms with Gasteiger partial charge in [0, 0.05) is 25.5 Å². The largest absolute Gasteiger partial charge is 0.368 e. The minimum absolute atomic E-state index is 0.0518. The van der Waals surface area contributed by atoms with Crippen molar-refractivity contribution in [2.24, 2.45) is 5.92 Å². The van der Waals surface area contributed by atoms with Crippen LogP contribution in [0.3, 0.4) is 0 Å². The third-order valence-electron chi connectivity index (χ3n) is 3.08. The van der Waals surface area contributed by atoms with Gasteiger partial charge in [0.2, 0.25) is 0 Å². The first-order chi connectivity index (χ1) is 7.46. The molecular formula is C13H26ClNO. The van der Waals surface area contributed by atoms with Gasteiger partial charge >= 0.3 is 0 Å². The second kappa shape index (κ2) is 6.23. The number of halogens is 1. The van der Waals surface area contributed by atoms with Gasteiger partial charge in [-0.1, -0.05) is 20.3 Å². The van der Waals surface area contributed by atoms with E-state index in [4.69, 9.17) is 16.3 Å². The summed E-state index contributed by atoms with van der Waals surface area (Å²) in [7, 11) is 0. The highest BCUT2D eigenvalue weighted by atomic mass is 35.5. The third kappa shape index (κ3) is 4.60. The van der Waals surface area contributed by atoms with Gasteiger partial charge in [0.25, 0.3) is 0 Å². The van der Waals surface area contributed by atoms with E-state index in [9.17, 15) is 0 Å². The Balaban J connectivity index is 2.46. The molecule has 0 aliphatic carbocycles. The zero-order chi connectivity index (χ0) is 12.2. The first kappa shape index (κ1) is 14.3. The van der Waals surface area contributed by atoms with Gasteiger partial charge in [0.1, 0.15) is 0 Å². The van der Waals surface area contributed by atoms with Crippen molar-refractivity contribution in [2.75, 3.05) is 25.5 Å². The molecule has 0 amide bonds. The Hall–Kier alpha value is 0.210. The van der Waals surface area contributed by atoms with Crippen LogP contribution in [0, 0.1) is 5.92 Å². The Morgan fingerprint density at radius 3 is 2.75 bits per heavy atom. The van der Waals surface area contributed by atoms with Crippen LogP contribution in [0.4, 0.5) is 0 Å². The van der Waals surface area contributed by atoms with Gasteiger partial charge in [0.15, 0.2) is 0 Å². The number of ether oxygens (including phenoxy) is 1.